The van der Waals surface area contributed by atoms with E-state index in [0.717, 1.165) is 17.6 Å². The van der Waals surface area contributed by atoms with Gasteiger partial charge in [0.25, 0.3) is 0 Å². The van der Waals surface area contributed by atoms with Crippen molar-refractivity contribution in [1.29, 1.82) is 0 Å². The Bertz CT molecular complexity index is 660. The van der Waals surface area contributed by atoms with Gasteiger partial charge in [0.2, 0.25) is 5.91 Å². The number of hydrogen-bond acceptors (Lipinski definition) is 3. The van der Waals surface area contributed by atoms with E-state index >= 15 is 0 Å². The summed E-state index contributed by atoms with van der Waals surface area (Å²) < 4.78 is 22.8. The Morgan fingerprint density at radius 2 is 2.00 bits per heavy atom. The molecule has 5 heteroatoms. The van der Waals surface area contributed by atoms with Crippen molar-refractivity contribution in [2.75, 3.05) is 18.1 Å². The number of sulfone groups is 1. The predicted octanol–water partition coefficient (Wildman–Crippen LogP) is 2.34. The average molecular weight is 321 g/mol. The Balaban J connectivity index is 1.95. The number of allylic oxidation sites excluding steroid dienone is 1. The van der Waals surface area contributed by atoms with Crippen LogP contribution in [-0.4, -0.2) is 32.4 Å². The van der Waals surface area contributed by atoms with E-state index in [-0.39, 0.29) is 23.3 Å². The standard InChI is InChI=1S/C17H23NO3S/c1-3-15(16-6-4-13(2)5-7-16)10-17(19)18-11-14-8-9-22(20,21)12-14/h4-7,10,14H,3,8-9,11-12H2,1-2H3,(H,18,19)/b15-10+/t14-/m0/s1. The molecule has 0 saturated carbocycles. The molecule has 1 N–H and O–H groups in total. The van der Waals surface area contributed by atoms with Crippen LogP contribution in [0.25, 0.3) is 5.57 Å². The van der Waals surface area contributed by atoms with E-state index in [0.29, 0.717) is 13.0 Å². The summed E-state index contributed by atoms with van der Waals surface area (Å²) in [7, 11) is -2.88. The molecule has 120 valence electrons. The summed E-state index contributed by atoms with van der Waals surface area (Å²) >= 11 is 0. The van der Waals surface area contributed by atoms with Crippen molar-refractivity contribution >= 4 is 21.3 Å². The highest BCUT2D eigenvalue weighted by Crippen LogP contribution is 2.19. The third kappa shape index (κ3) is 4.70. The largest absolute Gasteiger partial charge is 0.352 e. The SMILES string of the molecule is CC/C(=C\C(=O)NC[C@@H]1CCS(=O)(=O)C1)c1ccc(C)cc1. The van der Waals surface area contributed by atoms with Crippen LogP contribution in [0.5, 0.6) is 0 Å². The maximum atomic E-state index is 12.0. The maximum Gasteiger partial charge on any atom is 0.244 e. The lowest BCUT2D eigenvalue weighted by Gasteiger charge is -2.09. The molecule has 1 aromatic rings. The summed E-state index contributed by atoms with van der Waals surface area (Å²) in [6, 6.07) is 8.09. The van der Waals surface area contributed by atoms with Gasteiger partial charge < -0.3 is 5.32 Å². The zero-order chi connectivity index (χ0) is 16.2. The Kier molecular flexibility index (Phi) is 5.40. The Hall–Kier alpha value is -1.62. The topological polar surface area (TPSA) is 63.2 Å². The van der Waals surface area contributed by atoms with Crippen LogP contribution in [0.1, 0.15) is 30.9 Å². The van der Waals surface area contributed by atoms with E-state index in [1.807, 2.05) is 38.1 Å². The van der Waals surface area contributed by atoms with Crippen LogP contribution in [0.4, 0.5) is 0 Å². The van der Waals surface area contributed by atoms with E-state index in [1.165, 1.54) is 5.56 Å². The van der Waals surface area contributed by atoms with Gasteiger partial charge in [-0.05, 0) is 36.8 Å². The molecule has 1 aromatic carbocycles. The van der Waals surface area contributed by atoms with Crippen molar-refractivity contribution in [3.05, 3.63) is 41.5 Å². The number of amides is 1. The van der Waals surface area contributed by atoms with Gasteiger partial charge in [-0.1, -0.05) is 36.8 Å². The molecule has 0 aliphatic carbocycles. The molecule has 1 fully saturated rings. The van der Waals surface area contributed by atoms with Gasteiger partial charge in [0, 0.05) is 12.6 Å². The average Bonchev–Trinajstić information content (AvgIpc) is 2.83. The first-order valence-corrected chi connectivity index (χ1v) is 9.47. The van der Waals surface area contributed by atoms with E-state index in [1.54, 1.807) is 6.08 Å². The van der Waals surface area contributed by atoms with Crippen molar-refractivity contribution in [2.45, 2.75) is 26.7 Å². The van der Waals surface area contributed by atoms with Crippen molar-refractivity contribution < 1.29 is 13.2 Å². The molecule has 0 bridgehead atoms. The molecule has 0 radical (unpaired) electrons. The fourth-order valence-electron chi connectivity index (χ4n) is 2.64. The zero-order valence-corrected chi connectivity index (χ0v) is 13.9. The zero-order valence-electron chi connectivity index (χ0n) is 13.1. The highest BCUT2D eigenvalue weighted by molar-refractivity contribution is 7.91. The van der Waals surface area contributed by atoms with Crippen molar-refractivity contribution in [2.24, 2.45) is 5.92 Å². The summed E-state index contributed by atoms with van der Waals surface area (Å²) in [6.07, 6.45) is 3.04. The monoisotopic (exact) mass is 321 g/mol. The molecule has 1 amide bonds. The summed E-state index contributed by atoms with van der Waals surface area (Å²) in [5.74, 6) is 0.330. The lowest BCUT2D eigenvalue weighted by Crippen LogP contribution is -2.28. The Labute approximate surface area is 132 Å². The molecule has 0 unspecified atom stereocenters. The fourth-order valence-corrected chi connectivity index (χ4v) is 4.51. The maximum absolute atomic E-state index is 12.0. The second-order valence-corrected chi connectivity index (χ2v) is 8.13. The van der Waals surface area contributed by atoms with Gasteiger partial charge in [0.15, 0.2) is 9.84 Å². The second-order valence-electron chi connectivity index (χ2n) is 5.90. The highest BCUT2D eigenvalue weighted by atomic mass is 32.2. The smallest absolute Gasteiger partial charge is 0.244 e. The van der Waals surface area contributed by atoms with Gasteiger partial charge in [0.05, 0.1) is 11.5 Å². The summed E-state index contributed by atoms with van der Waals surface area (Å²) in [5.41, 5.74) is 3.22. The minimum Gasteiger partial charge on any atom is -0.352 e. The second kappa shape index (κ2) is 7.09. The van der Waals surface area contributed by atoms with Gasteiger partial charge in [0.1, 0.15) is 0 Å². The number of nitrogens with one attached hydrogen (secondary N) is 1. The van der Waals surface area contributed by atoms with Gasteiger partial charge in [-0.25, -0.2) is 8.42 Å². The number of benzene rings is 1. The van der Waals surface area contributed by atoms with Crippen LogP contribution in [0.15, 0.2) is 30.3 Å². The first-order valence-electron chi connectivity index (χ1n) is 7.65. The van der Waals surface area contributed by atoms with Gasteiger partial charge in [-0.2, -0.15) is 0 Å². The lowest BCUT2D eigenvalue weighted by atomic mass is 10.0. The minimum absolute atomic E-state index is 0.0480. The fraction of sp³-hybridized carbons (Fsp3) is 0.471. The molecule has 2 rings (SSSR count). The van der Waals surface area contributed by atoms with Crippen LogP contribution in [-0.2, 0) is 14.6 Å². The first kappa shape index (κ1) is 16.7. The van der Waals surface area contributed by atoms with Crippen molar-refractivity contribution in [3.63, 3.8) is 0 Å². The van der Waals surface area contributed by atoms with Crippen LogP contribution < -0.4 is 5.32 Å². The molecule has 0 aromatic heterocycles. The highest BCUT2D eigenvalue weighted by Gasteiger charge is 2.27. The van der Waals surface area contributed by atoms with Crippen LogP contribution >= 0.6 is 0 Å². The van der Waals surface area contributed by atoms with Crippen molar-refractivity contribution in [1.82, 2.24) is 5.32 Å². The normalized spacial score (nSPS) is 20.8. The van der Waals surface area contributed by atoms with Gasteiger partial charge >= 0.3 is 0 Å². The van der Waals surface area contributed by atoms with E-state index in [4.69, 9.17) is 0 Å². The predicted molar refractivity (Wildman–Crippen MR) is 89.2 cm³/mol. The van der Waals surface area contributed by atoms with Crippen LogP contribution in [0.2, 0.25) is 0 Å². The van der Waals surface area contributed by atoms with E-state index in [2.05, 4.69) is 5.32 Å². The van der Waals surface area contributed by atoms with Crippen LogP contribution in [0, 0.1) is 12.8 Å². The molecule has 22 heavy (non-hydrogen) atoms. The molecular formula is C17H23NO3S. The first-order chi connectivity index (χ1) is 10.4. The number of hydrogen-bond donors (Lipinski definition) is 1. The molecule has 1 aliphatic rings. The molecular weight excluding hydrogens is 298 g/mol. The number of aryl methyl sites for hydroxylation is 1. The van der Waals surface area contributed by atoms with E-state index < -0.39 is 9.84 Å². The summed E-state index contributed by atoms with van der Waals surface area (Å²) in [4.78, 5) is 12.0. The number of rotatable bonds is 5. The Morgan fingerprint density at radius 3 is 2.55 bits per heavy atom. The molecule has 4 nitrogen and oxygen atoms in total. The Morgan fingerprint density at radius 1 is 1.32 bits per heavy atom. The van der Waals surface area contributed by atoms with Gasteiger partial charge in [-0.15, -0.1) is 0 Å². The third-order valence-corrected chi connectivity index (χ3v) is 5.84. The molecule has 1 heterocycles. The van der Waals surface area contributed by atoms with Crippen molar-refractivity contribution in [3.8, 4) is 0 Å². The number of carbonyl (C=O) groups excluding carboxylic acids is 1. The summed E-state index contributed by atoms with van der Waals surface area (Å²) in [6.45, 7) is 4.48. The number of carbonyl (C=O) groups is 1. The minimum atomic E-state index is -2.88. The summed E-state index contributed by atoms with van der Waals surface area (Å²) in [5, 5.41) is 2.83. The molecule has 1 saturated heterocycles. The third-order valence-electron chi connectivity index (χ3n) is 4.00. The molecule has 0 spiro atoms. The lowest BCUT2D eigenvalue weighted by molar-refractivity contribution is -0.116. The van der Waals surface area contributed by atoms with Crippen LogP contribution in [0.3, 0.4) is 0 Å². The molecule has 1 atom stereocenters. The van der Waals surface area contributed by atoms with Gasteiger partial charge in [-0.3, -0.25) is 4.79 Å². The van der Waals surface area contributed by atoms with E-state index in [9.17, 15) is 13.2 Å². The molecule has 1 aliphatic heterocycles. The quantitative estimate of drug-likeness (QED) is 0.847.